The first-order valence-corrected chi connectivity index (χ1v) is 7.90. The smallest absolute Gasteiger partial charge is 0.167 e. The van der Waals surface area contributed by atoms with Crippen LogP contribution in [0.5, 0.6) is 0 Å². The second kappa shape index (κ2) is 6.66. The predicted molar refractivity (Wildman–Crippen MR) is 89.2 cm³/mol. The lowest BCUT2D eigenvalue weighted by atomic mass is 9.68. The highest BCUT2D eigenvalue weighted by atomic mass is 35.5. The third-order valence-electron chi connectivity index (χ3n) is 5.05. The molecule has 0 aromatic heterocycles. The van der Waals surface area contributed by atoms with E-state index in [2.05, 4.69) is 86.1 Å². The molecule has 0 aliphatic carbocycles. The predicted octanol–water partition coefficient (Wildman–Crippen LogP) is 1.26. The van der Waals surface area contributed by atoms with Crippen LogP contribution in [-0.4, -0.2) is 23.4 Å². The average Bonchev–Trinajstić information content (AvgIpc) is 2.81. The molecule has 0 bridgehead atoms. The molecular weight excluding hydrogens is 290 g/mol. The number of halogens is 1. The van der Waals surface area contributed by atoms with E-state index in [-0.39, 0.29) is 17.8 Å². The molecule has 22 heavy (non-hydrogen) atoms. The quantitative estimate of drug-likeness (QED) is 0.751. The van der Waals surface area contributed by atoms with Gasteiger partial charge in [-0.05, 0) is 18.1 Å². The topological polar surface area (TPSA) is 3.01 Å². The van der Waals surface area contributed by atoms with E-state index in [0.29, 0.717) is 6.04 Å². The summed E-state index contributed by atoms with van der Waals surface area (Å²) in [7, 11) is 2.25. The van der Waals surface area contributed by atoms with Crippen LogP contribution in [0.15, 0.2) is 60.7 Å². The van der Waals surface area contributed by atoms with Crippen molar-refractivity contribution in [3.63, 3.8) is 0 Å². The largest absolute Gasteiger partial charge is 1.00 e. The van der Waals surface area contributed by atoms with Gasteiger partial charge in [-0.2, -0.15) is 0 Å². The maximum absolute atomic E-state index is 2.49. The number of benzene rings is 2. The van der Waals surface area contributed by atoms with Gasteiger partial charge in [0, 0.05) is 12.8 Å². The van der Waals surface area contributed by atoms with E-state index in [1.54, 1.807) is 0 Å². The molecule has 1 nitrogen and oxygen atoms in total. The van der Waals surface area contributed by atoms with Crippen LogP contribution in [0, 0.1) is 0 Å². The van der Waals surface area contributed by atoms with E-state index in [9.17, 15) is 0 Å². The molecule has 0 unspecified atom stereocenters. The highest BCUT2D eigenvalue weighted by Crippen LogP contribution is 2.43. The highest BCUT2D eigenvalue weighted by molar-refractivity contribution is 5.95. The van der Waals surface area contributed by atoms with Gasteiger partial charge >= 0.3 is 0 Å². The van der Waals surface area contributed by atoms with Crippen molar-refractivity contribution in [1.29, 1.82) is 0 Å². The molecule has 0 radical (unpaired) electrons. The SMILES string of the molecule is CCC1=[N+](C)[C@@H](C)CC1(c1ccccc1)c1ccccc1.[Cl-]. The minimum absolute atomic E-state index is 0. The van der Waals surface area contributed by atoms with Gasteiger partial charge in [0.2, 0.25) is 0 Å². The lowest BCUT2D eigenvalue weighted by Gasteiger charge is -2.29. The summed E-state index contributed by atoms with van der Waals surface area (Å²) in [5.74, 6) is 0. The number of hydrogen-bond donors (Lipinski definition) is 0. The van der Waals surface area contributed by atoms with Gasteiger partial charge < -0.3 is 12.4 Å². The van der Waals surface area contributed by atoms with Crippen LogP contribution in [0.2, 0.25) is 0 Å². The molecule has 2 aromatic rings. The summed E-state index contributed by atoms with van der Waals surface area (Å²) in [5, 5.41) is 0. The Labute approximate surface area is 140 Å². The molecule has 0 saturated heterocycles. The van der Waals surface area contributed by atoms with E-state index in [1.165, 1.54) is 16.8 Å². The fourth-order valence-electron chi connectivity index (χ4n) is 4.00. The van der Waals surface area contributed by atoms with Crippen molar-refractivity contribution in [2.75, 3.05) is 7.05 Å². The van der Waals surface area contributed by atoms with Crippen LogP contribution in [0.1, 0.15) is 37.8 Å². The van der Waals surface area contributed by atoms with Gasteiger partial charge in [-0.25, -0.2) is 4.58 Å². The molecule has 1 atom stereocenters. The van der Waals surface area contributed by atoms with Gasteiger partial charge in [-0.3, -0.25) is 0 Å². The Bertz CT molecular complexity index is 606. The zero-order valence-electron chi connectivity index (χ0n) is 13.6. The Morgan fingerprint density at radius 1 is 0.955 bits per heavy atom. The molecule has 0 spiro atoms. The number of nitrogens with zero attached hydrogens (tertiary/aromatic N) is 1. The molecule has 0 N–H and O–H groups in total. The van der Waals surface area contributed by atoms with Gasteiger partial charge in [-0.1, -0.05) is 67.6 Å². The Hall–Kier alpha value is -1.60. The van der Waals surface area contributed by atoms with E-state index in [0.717, 1.165) is 12.8 Å². The van der Waals surface area contributed by atoms with Crippen molar-refractivity contribution in [1.82, 2.24) is 0 Å². The van der Waals surface area contributed by atoms with Crippen LogP contribution in [0.4, 0.5) is 0 Å². The van der Waals surface area contributed by atoms with Crippen LogP contribution in [0.25, 0.3) is 0 Å². The summed E-state index contributed by atoms with van der Waals surface area (Å²) >= 11 is 0. The number of hydrogen-bond acceptors (Lipinski definition) is 0. The third kappa shape index (κ3) is 2.48. The fourth-order valence-corrected chi connectivity index (χ4v) is 4.00. The molecule has 2 aromatic carbocycles. The van der Waals surface area contributed by atoms with E-state index in [1.807, 2.05) is 0 Å². The normalized spacial score (nSPS) is 19.9. The number of rotatable bonds is 3. The third-order valence-corrected chi connectivity index (χ3v) is 5.05. The second-order valence-corrected chi connectivity index (χ2v) is 6.10. The molecule has 2 heteroatoms. The Balaban J connectivity index is 0.00000176. The minimum atomic E-state index is 0. The maximum Gasteiger partial charge on any atom is 0.167 e. The Kier molecular flexibility index (Phi) is 5.08. The average molecular weight is 314 g/mol. The monoisotopic (exact) mass is 313 g/mol. The standard InChI is InChI=1S/C20H24N.ClH/c1-4-19-20(15-16(2)21(19)3,17-11-7-5-8-12-17)18-13-9-6-10-14-18;/h5-14,16H,4,15H2,1-3H3;1H/q+1;/p-1/t16-;/m0./s1. The van der Waals surface area contributed by atoms with Gasteiger partial charge in [0.25, 0.3) is 0 Å². The molecule has 3 rings (SSSR count). The summed E-state index contributed by atoms with van der Waals surface area (Å²) < 4.78 is 2.49. The van der Waals surface area contributed by atoms with Gasteiger partial charge in [0.1, 0.15) is 12.5 Å². The summed E-state index contributed by atoms with van der Waals surface area (Å²) in [5.41, 5.74) is 4.41. The van der Waals surface area contributed by atoms with E-state index >= 15 is 0 Å². The summed E-state index contributed by atoms with van der Waals surface area (Å²) in [6.45, 7) is 4.62. The van der Waals surface area contributed by atoms with Crippen molar-refractivity contribution >= 4 is 5.71 Å². The van der Waals surface area contributed by atoms with Crippen LogP contribution in [0.3, 0.4) is 0 Å². The molecular formula is C20H24ClN. The molecule has 1 heterocycles. The van der Waals surface area contributed by atoms with Crippen LogP contribution >= 0.6 is 0 Å². The van der Waals surface area contributed by atoms with Crippen molar-refractivity contribution in [3.05, 3.63) is 71.8 Å². The molecule has 0 amide bonds. The highest BCUT2D eigenvalue weighted by Gasteiger charge is 2.51. The van der Waals surface area contributed by atoms with Crippen molar-refractivity contribution < 1.29 is 17.0 Å². The molecule has 1 aliphatic rings. The first-order valence-electron chi connectivity index (χ1n) is 7.90. The van der Waals surface area contributed by atoms with Gasteiger partial charge in [-0.15, -0.1) is 0 Å². The lowest BCUT2D eigenvalue weighted by Crippen LogP contribution is -3.00. The zero-order chi connectivity index (χ0) is 14.9. The van der Waals surface area contributed by atoms with Crippen LogP contribution in [-0.2, 0) is 5.41 Å². The molecule has 0 saturated carbocycles. The van der Waals surface area contributed by atoms with Gasteiger partial charge in [0.15, 0.2) is 11.8 Å². The van der Waals surface area contributed by atoms with Crippen LogP contribution < -0.4 is 12.4 Å². The zero-order valence-corrected chi connectivity index (χ0v) is 14.3. The molecule has 0 fully saturated rings. The van der Waals surface area contributed by atoms with E-state index in [4.69, 9.17) is 0 Å². The Morgan fingerprint density at radius 2 is 1.41 bits per heavy atom. The lowest BCUT2D eigenvalue weighted by molar-refractivity contribution is -0.526. The van der Waals surface area contributed by atoms with Crippen molar-refractivity contribution in [2.45, 2.75) is 38.1 Å². The van der Waals surface area contributed by atoms with Crippen molar-refractivity contribution in [2.24, 2.45) is 0 Å². The first-order chi connectivity index (χ1) is 10.2. The minimum Gasteiger partial charge on any atom is -1.00 e. The fraction of sp³-hybridized carbons (Fsp3) is 0.350. The van der Waals surface area contributed by atoms with E-state index < -0.39 is 0 Å². The summed E-state index contributed by atoms with van der Waals surface area (Å²) in [4.78, 5) is 0. The van der Waals surface area contributed by atoms with Crippen molar-refractivity contribution in [3.8, 4) is 0 Å². The van der Waals surface area contributed by atoms with Gasteiger partial charge in [0.05, 0.1) is 0 Å². The first kappa shape index (κ1) is 16.8. The molecule has 116 valence electrons. The Morgan fingerprint density at radius 3 is 1.82 bits per heavy atom. The maximum atomic E-state index is 2.49. The second-order valence-electron chi connectivity index (χ2n) is 6.10. The summed E-state index contributed by atoms with van der Waals surface area (Å²) in [6.07, 6.45) is 2.24. The molecule has 1 aliphatic heterocycles. The summed E-state index contributed by atoms with van der Waals surface area (Å²) in [6, 6.07) is 22.6.